The molecule has 1 saturated heterocycles. The van der Waals surface area contributed by atoms with Gasteiger partial charge in [-0.25, -0.2) is 0 Å². The maximum atomic E-state index is 5.76. The van der Waals surface area contributed by atoms with Gasteiger partial charge in [0.25, 0.3) is 0 Å². The first kappa shape index (κ1) is 9.39. The highest BCUT2D eigenvalue weighted by Crippen LogP contribution is 2.56. The molecule has 0 N–H and O–H groups in total. The Morgan fingerprint density at radius 2 is 2.08 bits per heavy atom. The SMILES string of the molecule is CC1CCOP1(=S)c1ccccc1. The van der Waals surface area contributed by atoms with Gasteiger partial charge in [-0.1, -0.05) is 49.1 Å². The molecule has 3 heteroatoms. The monoisotopic (exact) mass is 212 g/mol. The van der Waals surface area contributed by atoms with Crippen LogP contribution in [-0.2, 0) is 16.3 Å². The molecule has 1 nitrogen and oxygen atoms in total. The fourth-order valence-electron chi connectivity index (χ4n) is 1.62. The molecule has 0 spiro atoms. The van der Waals surface area contributed by atoms with E-state index in [0.717, 1.165) is 13.0 Å². The van der Waals surface area contributed by atoms with Crippen LogP contribution in [0.4, 0.5) is 0 Å². The average molecular weight is 212 g/mol. The third kappa shape index (κ3) is 1.59. The molecule has 1 aliphatic rings. The molecule has 0 saturated carbocycles. The number of rotatable bonds is 1. The van der Waals surface area contributed by atoms with E-state index < -0.39 is 6.26 Å². The van der Waals surface area contributed by atoms with Crippen LogP contribution in [-0.4, -0.2) is 12.3 Å². The largest absolute Gasteiger partial charge is 0.346 e. The van der Waals surface area contributed by atoms with Gasteiger partial charge in [-0.3, -0.25) is 0 Å². The fraction of sp³-hybridized carbons (Fsp3) is 0.400. The molecule has 1 aromatic carbocycles. The van der Waals surface area contributed by atoms with E-state index in [1.807, 2.05) is 18.2 Å². The summed E-state index contributed by atoms with van der Waals surface area (Å²) in [5, 5.41) is 1.23. The molecule has 2 atom stereocenters. The van der Waals surface area contributed by atoms with Gasteiger partial charge in [-0.2, -0.15) is 0 Å². The summed E-state index contributed by atoms with van der Waals surface area (Å²) >= 11 is 5.64. The van der Waals surface area contributed by atoms with E-state index in [1.165, 1.54) is 5.30 Å². The van der Waals surface area contributed by atoms with Crippen molar-refractivity contribution in [3.05, 3.63) is 30.3 Å². The van der Waals surface area contributed by atoms with E-state index in [0.29, 0.717) is 5.66 Å². The average Bonchev–Trinajstić information content (AvgIpc) is 2.50. The lowest BCUT2D eigenvalue weighted by molar-refractivity contribution is 0.388. The van der Waals surface area contributed by atoms with Crippen molar-refractivity contribution >= 4 is 23.4 Å². The highest BCUT2D eigenvalue weighted by atomic mass is 32.4. The predicted molar refractivity (Wildman–Crippen MR) is 60.4 cm³/mol. The van der Waals surface area contributed by atoms with Gasteiger partial charge in [-0.05, 0) is 6.42 Å². The van der Waals surface area contributed by atoms with Crippen molar-refractivity contribution < 1.29 is 4.52 Å². The Labute approximate surface area is 84.2 Å². The molecule has 0 radical (unpaired) electrons. The molecule has 1 fully saturated rings. The van der Waals surface area contributed by atoms with Crippen LogP contribution in [0.5, 0.6) is 0 Å². The van der Waals surface area contributed by atoms with Gasteiger partial charge < -0.3 is 4.52 Å². The van der Waals surface area contributed by atoms with E-state index >= 15 is 0 Å². The molecule has 2 rings (SSSR count). The Kier molecular flexibility index (Phi) is 2.55. The zero-order valence-corrected chi connectivity index (χ0v) is 9.35. The summed E-state index contributed by atoms with van der Waals surface area (Å²) in [5.74, 6) is 0. The Bertz CT molecular complexity index is 336. The summed E-state index contributed by atoms with van der Waals surface area (Å²) in [4.78, 5) is 0. The first-order valence-corrected chi connectivity index (χ1v) is 7.32. The van der Waals surface area contributed by atoms with Gasteiger partial charge in [0.1, 0.15) is 0 Å². The minimum atomic E-state index is -1.68. The Morgan fingerprint density at radius 3 is 2.62 bits per heavy atom. The van der Waals surface area contributed by atoms with E-state index in [-0.39, 0.29) is 0 Å². The molecule has 1 aromatic rings. The zero-order chi connectivity index (χ0) is 9.31. The third-order valence-corrected chi connectivity index (χ3v) is 7.55. The Balaban J connectivity index is 2.40. The first-order chi connectivity index (χ1) is 6.23. The maximum Gasteiger partial charge on any atom is 0.0974 e. The van der Waals surface area contributed by atoms with Gasteiger partial charge in [0, 0.05) is 11.0 Å². The zero-order valence-electron chi connectivity index (χ0n) is 7.64. The maximum absolute atomic E-state index is 5.76. The molecule has 0 bridgehead atoms. The highest BCUT2D eigenvalue weighted by Gasteiger charge is 2.32. The lowest BCUT2D eigenvalue weighted by Crippen LogP contribution is -2.09. The first-order valence-electron chi connectivity index (χ1n) is 4.53. The summed E-state index contributed by atoms with van der Waals surface area (Å²) in [6.07, 6.45) is -0.563. The van der Waals surface area contributed by atoms with Crippen LogP contribution in [0.1, 0.15) is 13.3 Å². The summed E-state index contributed by atoms with van der Waals surface area (Å²) in [7, 11) is 0. The second-order valence-corrected chi connectivity index (χ2v) is 7.88. The molecule has 70 valence electrons. The van der Waals surface area contributed by atoms with Crippen molar-refractivity contribution in [2.75, 3.05) is 6.61 Å². The summed E-state index contributed by atoms with van der Waals surface area (Å²) in [6.45, 7) is 3.05. The van der Waals surface area contributed by atoms with E-state index in [9.17, 15) is 0 Å². The predicted octanol–water partition coefficient (Wildman–Crippen LogP) is 2.52. The number of benzene rings is 1. The van der Waals surface area contributed by atoms with Crippen molar-refractivity contribution in [3.8, 4) is 0 Å². The fourth-order valence-corrected chi connectivity index (χ4v) is 4.85. The Hall–Kier alpha value is -0.170. The third-order valence-electron chi connectivity index (χ3n) is 2.52. The van der Waals surface area contributed by atoms with Gasteiger partial charge in [0.2, 0.25) is 0 Å². The molecule has 1 aliphatic heterocycles. The van der Waals surface area contributed by atoms with Crippen LogP contribution in [0.15, 0.2) is 30.3 Å². The summed E-state index contributed by atoms with van der Waals surface area (Å²) in [6, 6.07) is 10.3. The highest BCUT2D eigenvalue weighted by molar-refractivity contribution is 8.16. The molecule has 0 aromatic heterocycles. The van der Waals surface area contributed by atoms with Crippen LogP contribution in [0.25, 0.3) is 0 Å². The van der Waals surface area contributed by atoms with E-state index in [4.69, 9.17) is 16.3 Å². The molecule has 1 heterocycles. The van der Waals surface area contributed by atoms with Crippen LogP contribution >= 0.6 is 6.26 Å². The molecule has 0 amide bonds. The van der Waals surface area contributed by atoms with E-state index in [1.54, 1.807) is 0 Å². The second kappa shape index (κ2) is 3.53. The minimum Gasteiger partial charge on any atom is -0.346 e. The standard InChI is InChI=1S/C10H13OPS/c1-9-7-8-11-12(9,13)10-5-3-2-4-6-10/h2-6,9H,7-8H2,1H3. The van der Waals surface area contributed by atoms with Crippen molar-refractivity contribution in [1.29, 1.82) is 0 Å². The molecule has 2 unspecified atom stereocenters. The van der Waals surface area contributed by atoms with Crippen molar-refractivity contribution in [2.24, 2.45) is 0 Å². The lowest BCUT2D eigenvalue weighted by Gasteiger charge is -2.19. The number of hydrogen-bond acceptors (Lipinski definition) is 2. The van der Waals surface area contributed by atoms with Crippen molar-refractivity contribution in [3.63, 3.8) is 0 Å². The van der Waals surface area contributed by atoms with Gasteiger partial charge in [0.05, 0.1) is 12.9 Å². The Morgan fingerprint density at radius 1 is 1.38 bits per heavy atom. The normalized spacial score (nSPS) is 33.5. The summed E-state index contributed by atoms with van der Waals surface area (Å²) < 4.78 is 5.76. The molecule has 0 aliphatic carbocycles. The second-order valence-electron chi connectivity index (χ2n) is 3.40. The molecule has 13 heavy (non-hydrogen) atoms. The lowest BCUT2D eigenvalue weighted by atomic mass is 10.3. The summed E-state index contributed by atoms with van der Waals surface area (Å²) in [5.41, 5.74) is 0.546. The molecular weight excluding hydrogens is 199 g/mol. The van der Waals surface area contributed by atoms with Crippen LogP contribution in [0.3, 0.4) is 0 Å². The number of hydrogen-bond donors (Lipinski definition) is 0. The molecular formula is C10H13OPS. The smallest absolute Gasteiger partial charge is 0.0974 e. The van der Waals surface area contributed by atoms with Crippen LogP contribution in [0.2, 0.25) is 0 Å². The van der Waals surface area contributed by atoms with Gasteiger partial charge in [0.15, 0.2) is 0 Å². The van der Waals surface area contributed by atoms with Crippen molar-refractivity contribution in [2.45, 2.75) is 19.0 Å². The van der Waals surface area contributed by atoms with Gasteiger partial charge in [-0.15, -0.1) is 0 Å². The quantitative estimate of drug-likeness (QED) is 0.661. The van der Waals surface area contributed by atoms with Crippen molar-refractivity contribution in [1.82, 2.24) is 0 Å². The van der Waals surface area contributed by atoms with E-state index in [2.05, 4.69) is 19.1 Å². The minimum absolute atomic E-state index is 0.546. The van der Waals surface area contributed by atoms with Gasteiger partial charge >= 0.3 is 0 Å². The van der Waals surface area contributed by atoms with Crippen LogP contribution < -0.4 is 5.30 Å². The van der Waals surface area contributed by atoms with Crippen LogP contribution in [0, 0.1) is 0 Å². The topological polar surface area (TPSA) is 9.23 Å².